The molecule has 0 saturated carbocycles. The molecule has 2 heterocycles. The summed E-state index contributed by atoms with van der Waals surface area (Å²) in [6.07, 6.45) is 3.20. The maximum atomic E-state index is 12.6. The lowest BCUT2D eigenvalue weighted by Crippen LogP contribution is -2.45. The van der Waals surface area contributed by atoms with Gasteiger partial charge in [-0.15, -0.1) is 0 Å². The number of likely N-dealkylation sites (tertiary alicyclic amines) is 1. The molecule has 0 aliphatic carbocycles. The van der Waals surface area contributed by atoms with Crippen molar-refractivity contribution in [2.45, 2.75) is 25.7 Å². The first kappa shape index (κ1) is 17.5. The topological polar surface area (TPSA) is 60.9 Å². The van der Waals surface area contributed by atoms with Gasteiger partial charge in [0.25, 0.3) is 5.91 Å². The predicted molar refractivity (Wildman–Crippen MR) is 94.0 cm³/mol. The van der Waals surface area contributed by atoms with E-state index in [9.17, 15) is 14.4 Å². The van der Waals surface area contributed by atoms with Crippen LogP contribution in [-0.4, -0.2) is 71.7 Å². The highest BCUT2D eigenvalue weighted by atomic mass is 16.2. The van der Waals surface area contributed by atoms with E-state index in [4.69, 9.17) is 0 Å². The Hall–Kier alpha value is -2.37. The lowest BCUT2D eigenvalue weighted by molar-refractivity contribution is -0.141. The molecule has 3 rings (SSSR count). The second-order valence-electron chi connectivity index (χ2n) is 6.66. The Morgan fingerprint density at radius 2 is 1.56 bits per heavy atom. The third-order valence-corrected chi connectivity index (χ3v) is 4.90. The SMILES string of the molecule is O=C(CN1CCCCC1=O)N1CCCN(C(=O)c2ccccc2)CC1. The Bertz CT molecular complexity index is 632. The molecular weight excluding hydrogens is 318 g/mol. The molecule has 1 aromatic carbocycles. The van der Waals surface area contributed by atoms with E-state index in [0.29, 0.717) is 44.7 Å². The third-order valence-electron chi connectivity index (χ3n) is 4.90. The summed E-state index contributed by atoms with van der Waals surface area (Å²) in [4.78, 5) is 42.3. The minimum atomic E-state index is -0.00994. The van der Waals surface area contributed by atoms with Crippen molar-refractivity contribution in [3.63, 3.8) is 0 Å². The van der Waals surface area contributed by atoms with Gasteiger partial charge in [0.15, 0.2) is 0 Å². The van der Waals surface area contributed by atoms with Crippen LogP contribution < -0.4 is 0 Å². The molecule has 1 aromatic rings. The van der Waals surface area contributed by atoms with E-state index in [0.717, 1.165) is 19.3 Å². The van der Waals surface area contributed by atoms with Crippen LogP contribution in [0.4, 0.5) is 0 Å². The number of piperidine rings is 1. The zero-order chi connectivity index (χ0) is 17.6. The van der Waals surface area contributed by atoms with Gasteiger partial charge in [0.1, 0.15) is 0 Å². The number of amides is 3. The van der Waals surface area contributed by atoms with Crippen molar-refractivity contribution in [1.29, 1.82) is 0 Å². The smallest absolute Gasteiger partial charge is 0.253 e. The number of hydrogen-bond donors (Lipinski definition) is 0. The fourth-order valence-corrected chi connectivity index (χ4v) is 3.43. The summed E-state index contributed by atoms with van der Waals surface area (Å²) in [5, 5.41) is 0. The van der Waals surface area contributed by atoms with Crippen molar-refractivity contribution in [1.82, 2.24) is 14.7 Å². The molecule has 0 bridgehead atoms. The largest absolute Gasteiger partial charge is 0.339 e. The summed E-state index contributed by atoms with van der Waals surface area (Å²) in [7, 11) is 0. The van der Waals surface area contributed by atoms with Gasteiger partial charge >= 0.3 is 0 Å². The van der Waals surface area contributed by atoms with Crippen molar-refractivity contribution in [2.24, 2.45) is 0 Å². The van der Waals surface area contributed by atoms with Crippen LogP contribution in [0.15, 0.2) is 30.3 Å². The summed E-state index contributed by atoms with van der Waals surface area (Å²) in [6.45, 7) is 3.20. The molecule has 0 atom stereocenters. The number of nitrogens with zero attached hydrogens (tertiary/aromatic N) is 3. The van der Waals surface area contributed by atoms with Gasteiger partial charge in [0, 0.05) is 44.7 Å². The fourth-order valence-electron chi connectivity index (χ4n) is 3.43. The van der Waals surface area contributed by atoms with Gasteiger partial charge in [-0.05, 0) is 31.4 Å². The zero-order valence-electron chi connectivity index (χ0n) is 14.5. The highest BCUT2D eigenvalue weighted by Crippen LogP contribution is 2.13. The number of benzene rings is 1. The minimum Gasteiger partial charge on any atom is -0.339 e. The van der Waals surface area contributed by atoms with Crippen molar-refractivity contribution in [3.05, 3.63) is 35.9 Å². The minimum absolute atomic E-state index is 0.00994. The van der Waals surface area contributed by atoms with Crippen molar-refractivity contribution < 1.29 is 14.4 Å². The van der Waals surface area contributed by atoms with Crippen LogP contribution in [0, 0.1) is 0 Å². The molecule has 0 unspecified atom stereocenters. The van der Waals surface area contributed by atoms with E-state index in [1.165, 1.54) is 0 Å². The molecule has 6 nitrogen and oxygen atoms in total. The summed E-state index contributed by atoms with van der Waals surface area (Å²) < 4.78 is 0. The van der Waals surface area contributed by atoms with Crippen LogP contribution in [0.2, 0.25) is 0 Å². The Labute approximate surface area is 148 Å². The summed E-state index contributed by atoms with van der Waals surface area (Å²) in [6, 6.07) is 9.24. The zero-order valence-corrected chi connectivity index (χ0v) is 14.5. The average molecular weight is 343 g/mol. The number of hydrogen-bond acceptors (Lipinski definition) is 3. The predicted octanol–water partition coefficient (Wildman–Crippen LogP) is 1.37. The van der Waals surface area contributed by atoms with Crippen LogP contribution in [0.25, 0.3) is 0 Å². The van der Waals surface area contributed by atoms with Crippen molar-refractivity contribution in [3.8, 4) is 0 Å². The molecule has 2 fully saturated rings. The van der Waals surface area contributed by atoms with Crippen LogP contribution in [0.1, 0.15) is 36.0 Å². The standard InChI is InChI=1S/C19H25N3O3/c23-17-9-4-5-10-22(17)15-18(24)20-11-6-12-21(14-13-20)19(25)16-7-2-1-3-8-16/h1-3,7-8H,4-6,9-15H2. The molecule has 25 heavy (non-hydrogen) atoms. The van der Waals surface area contributed by atoms with Crippen LogP contribution in [-0.2, 0) is 9.59 Å². The second-order valence-corrected chi connectivity index (χ2v) is 6.66. The fraction of sp³-hybridized carbons (Fsp3) is 0.526. The maximum Gasteiger partial charge on any atom is 0.253 e. The van der Waals surface area contributed by atoms with E-state index in [-0.39, 0.29) is 24.3 Å². The molecule has 0 radical (unpaired) electrons. The van der Waals surface area contributed by atoms with Gasteiger partial charge in [-0.2, -0.15) is 0 Å². The van der Waals surface area contributed by atoms with Crippen LogP contribution >= 0.6 is 0 Å². The highest BCUT2D eigenvalue weighted by Gasteiger charge is 2.26. The number of rotatable bonds is 3. The Morgan fingerprint density at radius 3 is 2.32 bits per heavy atom. The number of carbonyl (C=O) groups is 3. The maximum absolute atomic E-state index is 12.6. The van der Waals surface area contributed by atoms with Gasteiger partial charge in [-0.25, -0.2) is 0 Å². The molecular formula is C19H25N3O3. The van der Waals surface area contributed by atoms with Gasteiger partial charge < -0.3 is 14.7 Å². The van der Waals surface area contributed by atoms with Gasteiger partial charge in [-0.3, -0.25) is 14.4 Å². The van der Waals surface area contributed by atoms with Crippen LogP contribution in [0.5, 0.6) is 0 Å². The molecule has 0 N–H and O–H groups in total. The Balaban J connectivity index is 1.55. The molecule has 6 heteroatoms. The summed E-state index contributed by atoms with van der Waals surface area (Å²) in [5.74, 6) is 0.0840. The number of carbonyl (C=O) groups excluding carboxylic acids is 3. The van der Waals surface area contributed by atoms with E-state index < -0.39 is 0 Å². The summed E-state index contributed by atoms with van der Waals surface area (Å²) >= 11 is 0. The molecule has 0 aromatic heterocycles. The first-order chi connectivity index (χ1) is 12.1. The third kappa shape index (κ3) is 4.38. The van der Waals surface area contributed by atoms with Crippen LogP contribution in [0.3, 0.4) is 0 Å². The van der Waals surface area contributed by atoms with E-state index >= 15 is 0 Å². The van der Waals surface area contributed by atoms with Gasteiger partial charge in [-0.1, -0.05) is 18.2 Å². The van der Waals surface area contributed by atoms with E-state index in [2.05, 4.69) is 0 Å². The highest BCUT2D eigenvalue weighted by molar-refractivity contribution is 5.94. The first-order valence-electron chi connectivity index (χ1n) is 9.05. The second kappa shape index (κ2) is 8.14. The summed E-state index contributed by atoms with van der Waals surface area (Å²) in [5.41, 5.74) is 0.682. The monoisotopic (exact) mass is 343 g/mol. The molecule has 3 amide bonds. The van der Waals surface area contributed by atoms with Crippen molar-refractivity contribution >= 4 is 17.7 Å². The average Bonchev–Trinajstić information content (AvgIpc) is 2.90. The van der Waals surface area contributed by atoms with E-state index in [1.54, 1.807) is 9.80 Å². The van der Waals surface area contributed by atoms with Crippen molar-refractivity contribution in [2.75, 3.05) is 39.3 Å². The molecule has 2 saturated heterocycles. The molecule has 2 aliphatic heterocycles. The van der Waals surface area contributed by atoms with Gasteiger partial charge in [0.05, 0.1) is 6.54 Å². The molecule has 134 valence electrons. The molecule has 2 aliphatic rings. The lowest BCUT2D eigenvalue weighted by Gasteiger charge is -2.29. The first-order valence-corrected chi connectivity index (χ1v) is 9.05. The quantitative estimate of drug-likeness (QED) is 0.833. The lowest BCUT2D eigenvalue weighted by atomic mass is 10.1. The normalized spacial score (nSPS) is 18.9. The van der Waals surface area contributed by atoms with E-state index in [1.807, 2.05) is 35.2 Å². The Morgan fingerprint density at radius 1 is 0.840 bits per heavy atom. The molecule has 0 spiro atoms. The van der Waals surface area contributed by atoms with Gasteiger partial charge in [0.2, 0.25) is 11.8 Å². The Kier molecular flexibility index (Phi) is 5.68.